The van der Waals surface area contributed by atoms with Crippen molar-refractivity contribution in [1.82, 2.24) is 4.90 Å². The molecule has 1 aliphatic heterocycles. The Balaban J connectivity index is 2.02. The number of piperidine rings is 1. The van der Waals surface area contributed by atoms with E-state index >= 15 is 0 Å². The first kappa shape index (κ1) is 14.7. The fourth-order valence-corrected chi connectivity index (χ4v) is 2.31. The van der Waals surface area contributed by atoms with Gasteiger partial charge < -0.3 is 15.4 Å². The summed E-state index contributed by atoms with van der Waals surface area (Å²) in [6.45, 7) is 0.402. The molecule has 0 spiro atoms. The van der Waals surface area contributed by atoms with E-state index in [0.29, 0.717) is 18.7 Å². The van der Waals surface area contributed by atoms with Crippen LogP contribution in [0.4, 0.5) is 8.78 Å². The second-order valence-electron chi connectivity index (χ2n) is 5.08. The van der Waals surface area contributed by atoms with E-state index in [1.807, 2.05) is 6.92 Å². The summed E-state index contributed by atoms with van der Waals surface area (Å²) in [5, 5.41) is 0. The van der Waals surface area contributed by atoms with E-state index in [4.69, 9.17) is 5.73 Å². The van der Waals surface area contributed by atoms with Crippen molar-refractivity contribution in [3.8, 4) is 5.75 Å². The highest BCUT2D eigenvalue weighted by atomic mass is 19.3. The number of carbonyl (C=O) groups is 1. The molecule has 1 aromatic rings. The van der Waals surface area contributed by atoms with Crippen LogP contribution < -0.4 is 10.5 Å². The van der Waals surface area contributed by atoms with Gasteiger partial charge in [0.25, 0.3) is 5.91 Å². The van der Waals surface area contributed by atoms with Crippen LogP contribution in [0.1, 0.15) is 23.7 Å². The summed E-state index contributed by atoms with van der Waals surface area (Å²) >= 11 is 0. The molecular weight excluding hydrogens is 266 g/mol. The first-order valence-electron chi connectivity index (χ1n) is 6.57. The van der Waals surface area contributed by atoms with E-state index in [0.717, 1.165) is 6.42 Å². The van der Waals surface area contributed by atoms with Crippen LogP contribution in [0.25, 0.3) is 0 Å². The van der Waals surface area contributed by atoms with Crippen molar-refractivity contribution in [2.24, 2.45) is 11.7 Å². The number of ether oxygens (including phenoxy) is 1. The van der Waals surface area contributed by atoms with Gasteiger partial charge in [-0.05, 0) is 36.6 Å². The number of likely N-dealkylation sites (tertiary alicyclic amines) is 1. The maximum atomic E-state index is 12.3. The number of nitrogens with zero attached hydrogens (tertiary/aromatic N) is 1. The molecule has 1 aliphatic rings. The third kappa shape index (κ3) is 3.45. The molecule has 0 aliphatic carbocycles. The van der Waals surface area contributed by atoms with Gasteiger partial charge in [0.15, 0.2) is 0 Å². The van der Waals surface area contributed by atoms with Crippen LogP contribution in [0, 0.1) is 5.92 Å². The number of hydrogen-bond donors (Lipinski definition) is 1. The molecule has 0 aromatic heterocycles. The van der Waals surface area contributed by atoms with Gasteiger partial charge in [0, 0.05) is 24.7 Å². The summed E-state index contributed by atoms with van der Waals surface area (Å²) in [7, 11) is 0. The van der Waals surface area contributed by atoms with E-state index in [9.17, 15) is 13.6 Å². The van der Waals surface area contributed by atoms with E-state index in [2.05, 4.69) is 4.74 Å². The van der Waals surface area contributed by atoms with Gasteiger partial charge in [-0.1, -0.05) is 6.92 Å². The normalized spacial score (nSPS) is 22.9. The average Bonchev–Trinajstić information content (AvgIpc) is 2.41. The lowest BCUT2D eigenvalue weighted by atomic mass is 9.94. The summed E-state index contributed by atoms with van der Waals surface area (Å²) in [5.74, 6) is 0.201. The molecule has 1 heterocycles. The van der Waals surface area contributed by atoms with E-state index in [1.165, 1.54) is 24.3 Å². The molecule has 2 atom stereocenters. The Bertz CT molecular complexity index is 465. The number of rotatable bonds is 3. The Morgan fingerprint density at radius 2 is 2.05 bits per heavy atom. The standard InChI is InChI=1S/C14H18F2N2O2/c1-9-8-18(7-6-12(9)17)13(19)10-2-4-11(5-3-10)20-14(15)16/h2-5,9,12,14H,6-8,17H2,1H3. The SMILES string of the molecule is CC1CN(C(=O)c2ccc(OC(F)F)cc2)CCC1N. The van der Waals surface area contributed by atoms with Gasteiger partial charge in [-0.2, -0.15) is 8.78 Å². The maximum Gasteiger partial charge on any atom is 0.387 e. The molecule has 2 rings (SSSR count). The smallest absolute Gasteiger partial charge is 0.387 e. The molecule has 0 bridgehead atoms. The quantitative estimate of drug-likeness (QED) is 0.924. The van der Waals surface area contributed by atoms with Crippen molar-refractivity contribution >= 4 is 5.91 Å². The van der Waals surface area contributed by atoms with Crippen molar-refractivity contribution in [3.05, 3.63) is 29.8 Å². The molecular formula is C14H18F2N2O2. The van der Waals surface area contributed by atoms with Gasteiger partial charge >= 0.3 is 6.61 Å². The Morgan fingerprint density at radius 3 is 2.60 bits per heavy atom. The number of alkyl halides is 2. The fraction of sp³-hybridized carbons (Fsp3) is 0.500. The first-order valence-corrected chi connectivity index (χ1v) is 6.57. The predicted molar refractivity (Wildman–Crippen MR) is 70.7 cm³/mol. The molecule has 2 unspecified atom stereocenters. The topological polar surface area (TPSA) is 55.6 Å². The van der Waals surface area contributed by atoms with Gasteiger partial charge in [0.2, 0.25) is 0 Å². The van der Waals surface area contributed by atoms with Crippen LogP contribution in [0.2, 0.25) is 0 Å². The number of carbonyl (C=O) groups excluding carboxylic acids is 1. The van der Waals surface area contributed by atoms with Gasteiger partial charge in [0.1, 0.15) is 5.75 Å². The van der Waals surface area contributed by atoms with Crippen molar-refractivity contribution < 1.29 is 18.3 Å². The van der Waals surface area contributed by atoms with Crippen LogP contribution in [-0.2, 0) is 0 Å². The summed E-state index contributed by atoms with van der Waals surface area (Å²) in [6, 6.07) is 5.87. The van der Waals surface area contributed by atoms with Crippen LogP contribution in [0.3, 0.4) is 0 Å². The van der Waals surface area contributed by atoms with E-state index in [-0.39, 0.29) is 23.6 Å². The van der Waals surface area contributed by atoms with Crippen LogP contribution in [0.5, 0.6) is 5.75 Å². The number of nitrogens with two attached hydrogens (primary N) is 1. The first-order chi connectivity index (χ1) is 9.47. The second kappa shape index (κ2) is 6.17. The molecule has 1 amide bonds. The minimum Gasteiger partial charge on any atom is -0.435 e. The zero-order valence-electron chi connectivity index (χ0n) is 11.3. The van der Waals surface area contributed by atoms with Crippen molar-refractivity contribution in [2.75, 3.05) is 13.1 Å². The molecule has 6 heteroatoms. The lowest BCUT2D eigenvalue weighted by Gasteiger charge is -2.35. The Kier molecular flexibility index (Phi) is 4.54. The lowest BCUT2D eigenvalue weighted by molar-refractivity contribution is -0.0498. The highest BCUT2D eigenvalue weighted by Gasteiger charge is 2.26. The number of halogens is 2. The highest BCUT2D eigenvalue weighted by molar-refractivity contribution is 5.94. The van der Waals surface area contributed by atoms with Crippen molar-refractivity contribution in [3.63, 3.8) is 0 Å². The van der Waals surface area contributed by atoms with Gasteiger partial charge in [-0.25, -0.2) is 0 Å². The molecule has 20 heavy (non-hydrogen) atoms. The predicted octanol–water partition coefficient (Wildman–Crippen LogP) is 2.10. The number of hydrogen-bond acceptors (Lipinski definition) is 3. The molecule has 0 saturated carbocycles. The Labute approximate surface area is 116 Å². The second-order valence-corrected chi connectivity index (χ2v) is 5.08. The van der Waals surface area contributed by atoms with Crippen LogP contribution in [0.15, 0.2) is 24.3 Å². The van der Waals surface area contributed by atoms with Crippen molar-refractivity contribution in [1.29, 1.82) is 0 Å². The highest BCUT2D eigenvalue weighted by Crippen LogP contribution is 2.19. The summed E-state index contributed by atoms with van der Waals surface area (Å²) in [4.78, 5) is 14.0. The average molecular weight is 284 g/mol. The van der Waals surface area contributed by atoms with Gasteiger partial charge in [-0.15, -0.1) is 0 Å². The Hall–Kier alpha value is -1.69. The number of amides is 1. The third-order valence-electron chi connectivity index (χ3n) is 3.59. The molecule has 1 saturated heterocycles. The maximum absolute atomic E-state index is 12.3. The molecule has 4 nitrogen and oxygen atoms in total. The Morgan fingerprint density at radius 1 is 1.40 bits per heavy atom. The minimum absolute atomic E-state index is 0.0468. The molecule has 110 valence electrons. The molecule has 2 N–H and O–H groups in total. The largest absolute Gasteiger partial charge is 0.435 e. The van der Waals surface area contributed by atoms with E-state index < -0.39 is 6.61 Å². The molecule has 1 aromatic carbocycles. The minimum atomic E-state index is -2.86. The summed E-state index contributed by atoms with van der Waals surface area (Å²) in [6.07, 6.45) is 0.777. The van der Waals surface area contributed by atoms with Gasteiger partial charge in [0.05, 0.1) is 0 Å². The zero-order chi connectivity index (χ0) is 14.7. The summed E-state index contributed by atoms with van der Waals surface area (Å²) in [5.41, 5.74) is 6.39. The molecule has 1 fully saturated rings. The third-order valence-corrected chi connectivity index (χ3v) is 3.59. The number of benzene rings is 1. The summed E-state index contributed by atoms with van der Waals surface area (Å²) < 4.78 is 28.3. The van der Waals surface area contributed by atoms with Crippen molar-refractivity contribution in [2.45, 2.75) is 26.0 Å². The fourth-order valence-electron chi connectivity index (χ4n) is 2.31. The van der Waals surface area contributed by atoms with Crippen LogP contribution in [-0.4, -0.2) is 36.5 Å². The lowest BCUT2D eigenvalue weighted by Crippen LogP contribution is -2.48. The monoisotopic (exact) mass is 284 g/mol. The molecule has 0 radical (unpaired) electrons. The van der Waals surface area contributed by atoms with Crippen LogP contribution >= 0.6 is 0 Å². The zero-order valence-corrected chi connectivity index (χ0v) is 11.3. The van der Waals surface area contributed by atoms with E-state index in [1.54, 1.807) is 4.90 Å². The van der Waals surface area contributed by atoms with Gasteiger partial charge in [-0.3, -0.25) is 4.79 Å².